The Morgan fingerprint density at radius 3 is 2.90 bits per heavy atom. The topological polar surface area (TPSA) is 66.3 Å². The van der Waals surface area contributed by atoms with Crippen LogP contribution in [0.25, 0.3) is 10.6 Å². The van der Waals surface area contributed by atoms with Crippen LogP contribution in [0.5, 0.6) is 0 Å². The van der Waals surface area contributed by atoms with Gasteiger partial charge in [0.15, 0.2) is 5.01 Å². The van der Waals surface area contributed by atoms with Crippen LogP contribution in [0.1, 0.15) is 6.42 Å². The second-order valence-electron chi connectivity index (χ2n) is 4.64. The number of carbonyl (C=O) groups is 1. The summed E-state index contributed by atoms with van der Waals surface area (Å²) in [5.74, 6) is -1.06. The van der Waals surface area contributed by atoms with Crippen molar-refractivity contribution >= 4 is 34.0 Å². The first-order valence-electron chi connectivity index (χ1n) is 6.21. The van der Waals surface area contributed by atoms with Crippen molar-refractivity contribution in [3.05, 3.63) is 29.3 Å². The molecule has 2 heterocycles. The Labute approximate surface area is 124 Å². The summed E-state index contributed by atoms with van der Waals surface area (Å²) in [7, 11) is 0. The summed E-state index contributed by atoms with van der Waals surface area (Å²) in [6, 6.07) is 7.48. The first kappa shape index (κ1) is 13.3. The van der Waals surface area contributed by atoms with Crippen molar-refractivity contribution in [3.63, 3.8) is 0 Å². The summed E-state index contributed by atoms with van der Waals surface area (Å²) < 4.78 is 0. The number of halogens is 1. The van der Waals surface area contributed by atoms with Gasteiger partial charge in [0.2, 0.25) is 5.13 Å². The van der Waals surface area contributed by atoms with Gasteiger partial charge in [0.25, 0.3) is 0 Å². The number of anilines is 1. The first-order valence-corrected chi connectivity index (χ1v) is 7.41. The number of hydrogen-bond acceptors (Lipinski definition) is 5. The SMILES string of the molecule is O=C(O)C1CCN(c2nnc(-c3ccccc3Cl)s2)C1. The molecule has 1 aliphatic heterocycles. The molecule has 20 heavy (non-hydrogen) atoms. The molecule has 2 aromatic rings. The molecule has 3 rings (SSSR count). The van der Waals surface area contributed by atoms with Crippen LogP contribution >= 0.6 is 22.9 Å². The minimum Gasteiger partial charge on any atom is -0.481 e. The molecular weight excluding hydrogens is 298 g/mol. The summed E-state index contributed by atoms with van der Waals surface area (Å²) in [6.45, 7) is 1.20. The number of aromatic nitrogens is 2. The Hall–Kier alpha value is -1.66. The third-order valence-electron chi connectivity index (χ3n) is 3.33. The van der Waals surface area contributed by atoms with E-state index in [9.17, 15) is 4.79 Å². The Bertz CT molecular complexity index is 646. The molecular formula is C13H12ClN3O2S. The van der Waals surface area contributed by atoms with E-state index in [1.807, 2.05) is 29.2 Å². The number of hydrogen-bond donors (Lipinski definition) is 1. The van der Waals surface area contributed by atoms with Gasteiger partial charge in [-0.15, -0.1) is 10.2 Å². The minimum atomic E-state index is -0.747. The normalized spacial score (nSPS) is 18.4. The van der Waals surface area contributed by atoms with E-state index in [0.29, 0.717) is 24.5 Å². The van der Waals surface area contributed by atoms with Gasteiger partial charge in [0.05, 0.1) is 10.9 Å². The predicted molar refractivity (Wildman–Crippen MR) is 78.3 cm³/mol. The van der Waals surface area contributed by atoms with Gasteiger partial charge in [0.1, 0.15) is 0 Å². The largest absolute Gasteiger partial charge is 0.481 e. The van der Waals surface area contributed by atoms with Crippen molar-refractivity contribution in [2.75, 3.05) is 18.0 Å². The molecule has 1 aromatic carbocycles. The molecule has 0 saturated carbocycles. The van der Waals surface area contributed by atoms with E-state index in [4.69, 9.17) is 16.7 Å². The van der Waals surface area contributed by atoms with Gasteiger partial charge in [-0.2, -0.15) is 0 Å². The lowest BCUT2D eigenvalue weighted by atomic mass is 10.1. The quantitative estimate of drug-likeness (QED) is 0.944. The highest BCUT2D eigenvalue weighted by molar-refractivity contribution is 7.18. The van der Waals surface area contributed by atoms with Gasteiger partial charge in [-0.3, -0.25) is 4.79 Å². The lowest BCUT2D eigenvalue weighted by Crippen LogP contribution is -2.22. The Morgan fingerprint density at radius 1 is 1.40 bits per heavy atom. The highest BCUT2D eigenvalue weighted by Gasteiger charge is 2.30. The van der Waals surface area contributed by atoms with Crippen LogP contribution in [0.4, 0.5) is 5.13 Å². The minimum absolute atomic E-state index is 0.317. The molecule has 1 aliphatic rings. The number of aliphatic carboxylic acids is 1. The van der Waals surface area contributed by atoms with Crippen molar-refractivity contribution in [3.8, 4) is 10.6 Å². The van der Waals surface area contributed by atoms with Gasteiger partial charge in [0, 0.05) is 18.7 Å². The Morgan fingerprint density at radius 2 is 2.20 bits per heavy atom. The third kappa shape index (κ3) is 2.48. The molecule has 1 saturated heterocycles. The molecule has 1 N–H and O–H groups in total. The average molecular weight is 310 g/mol. The lowest BCUT2D eigenvalue weighted by molar-refractivity contribution is -0.140. The molecule has 104 valence electrons. The van der Waals surface area contributed by atoms with E-state index in [2.05, 4.69) is 10.2 Å². The zero-order valence-corrected chi connectivity index (χ0v) is 12.1. The fraction of sp³-hybridized carbons (Fsp3) is 0.308. The van der Waals surface area contributed by atoms with Crippen molar-refractivity contribution in [2.45, 2.75) is 6.42 Å². The van der Waals surface area contributed by atoms with Crippen molar-refractivity contribution in [2.24, 2.45) is 5.92 Å². The Balaban J connectivity index is 1.81. The fourth-order valence-corrected chi connectivity index (χ4v) is 3.42. The molecule has 1 atom stereocenters. The van der Waals surface area contributed by atoms with E-state index >= 15 is 0 Å². The zero-order chi connectivity index (χ0) is 14.1. The summed E-state index contributed by atoms with van der Waals surface area (Å²) in [5, 5.41) is 19.5. The van der Waals surface area contributed by atoms with E-state index in [1.54, 1.807) is 0 Å². The number of carboxylic acids is 1. The molecule has 5 nitrogen and oxygen atoms in total. The number of carboxylic acid groups (broad SMARTS) is 1. The van der Waals surface area contributed by atoms with Crippen LogP contribution in [0, 0.1) is 5.92 Å². The van der Waals surface area contributed by atoms with E-state index < -0.39 is 5.97 Å². The highest BCUT2D eigenvalue weighted by Crippen LogP contribution is 2.34. The van der Waals surface area contributed by atoms with Crippen molar-refractivity contribution in [1.29, 1.82) is 0 Å². The lowest BCUT2D eigenvalue weighted by Gasteiger charge is -2.12. The maximum atomic E-state index is 11.0. The fourth-order valence-electron chi connectivity index (χ4n) is 2.22. The molecule has 0 spiro atoms. The smallest absolute Gasteiger partial charge is 0.308 e. The van der Waals surface area contributed by atoms with E-state index in [1.165, 1.54) is 11.3 Å². The second kappa shape index (κ2) is 5.38. The summed E-state index contributed by atoms with van der Waals surface area (Å²) >= 11 is 7.58. The van der Waals surface area contributed by atoms with Gasteiger partial charge in [-0.05, 0) is 12.5 Å². The van der Waals surface area contributed by atoms with E-state index in [-0.39, 0.29) is 5.92 Å². The molecule has 0 aliphatic carbocycles. The third-order valence-corrected chi connectivity index (χ3v) is 4.67. The standard InChI is InChI=1S/C13H12ClN3O2S/c14-10-4-2-1-3-9(10)11-15-16-13(20-11)17-6-5-8(7-17)12(18)19/h1-4,8H,5-7H2,(H,18,19). The van der Waals surface area contributed by atoms with Gasteiger partial charge in [-0.25, -0.2) is 0 Å². The van der Waals surface area contributed by atoms with Crippen LogP contribution in [0.2, 0.25) is 5.02 Å². The molecule has 7 heteroatoms. The van der Waals surface area contributed by atoms with E-state index in [0.717, 1.165) is 15.7 Å². The molecule has 1 unspecified atom stereocenters. The monoisotopic (exact) mass is 309 g/mol. The maximum Gasteiger partial charge on any atom is 0.308 e. The van der Waals surface area contributed by atoms with Gasteiger partial charge < -0.3 is 10.0 Å². The molecule has 0 radical (unpaired) electrons. The first-order chi connectivity index (χ1) is 9.65. The maximum absolute atomic E-state index is 11.0. The summed E-state index contributed by atoms with van der Waals surface area (Å²) in [4.78, 5) is 12.9. The number of rotatable bonds is 3. The molecule has 0 bridgehead atoms. The molecule has 1 fully saturated rings. The van der Waals surface area contributed by atoms with Crippen molar-refractivity contribution in [1.82, 2.24) is 10.2 Å². The van der Waals surface area contributed by atoms with Crippen LogP contribution < -0.4 is 4.90 Å². The highest BCUT2D eigenvalue weighted by atomic mass is 35.5. The Kier molecular flexibility index (Phi) is 3.58. The van der Waals surface area contributed by atoms with Gasteiger partial charge >= 0.3 is 5.97 Å². The van der Waals surface area contributed by atoms with Crippen molar-refractivity contribution < 1.29 is 9.90 Å². The van der Waals surface area contributed by atoms with Crippen LogP contribution in [-0.2, 0) is 4.79 Å². The summed E-state index contributed by atoms with van der Waals surface area (Å²) in [6.07, 6.45) is 0.649. The zero-order valence-electron chi connectivity index (χ0n) is 10.5. The average Bonchev–Trinajstić information content (AvgIpc) is 3.08. The summed E-state index contributed by atoms with van der Waals surface area (Å²) in [5.41, 5.74) is 0.854. The van der Waals surface area contributed by atoms with Crippen LogP contribution in [-0.4, -0.2) is 34.4 Å². The van der Waals surface area contributed by atoms with Crippen LogP contribution in [0.15, 0.2) is 24.3 Å². The predicted octanol–water partition coefficient (Wildman–Crippen LogP) is 2.77. The second-order valence-corrected chi connectivity index (χ2v) is 6.00. The van der Waals surface area contributed by atoms with Gasteiger partial charge in [-0.1, -0.05) is 41.1 Å². The molecule has 1 aromatic heterocycles. The number of benzene rings is 1. The number of nitrogens with zero attached hydrogens (tertiary/aromatic N) is 3. The van der Waals surface area contributed by atoms with Crippen LogP contribution in [0.3, 0.4) is 0 Å². The molecule has 0 amide bonds.